The first-order chi connectivity index (χ1) is 8.15. The van der Waals surface area contributed by atoms with E-state index in [1.807, 2.05) is 0 Å². The van der Waals surface area contributed by atoms with Crippen LogP contribution in [0.25, 0.3) is 10.9 Å². The van der Waals surface area contributed by atoms with Crippen molar-refractivity contribution >= 4 is 10.9 Å². The molecule has 2 N–H and O–H groups in total. The van der Waals surface area contributed by atoms with Crippen LogP contribution in [-0.2, 0) is 6.42 Å². The SMILES string of the molecule is Cc1cccc2cc(CCCN)n(C(C)C)c12. The number of fused-ring (bicyclic) bond motifs is 1. The molecule has 0 bridgehead atoms. The lowest BCUT2D eigenvalue weighted by Crippen LogP contribution is -2.08. The van der Waals surface area contributed by atoms with E-state index in [1.165, 1.54) is 22.2 Å². The Morgan fingerprint density at radius 1 is 1.29 bits per heavy atom. The second-order valence-electron chi connectivity index (χ2n) is 5.00. The molecule has 0 atom stereocenters. The quantitative estimate of drug-likeness (QED) is 0.857. The van der Waals surface area contributed by atoms with E-state index in [4.69, 9.17) is 5.73 Å². The van der Waals surface area contributed by atoms with Crippen molar-refractivity contribution < 1.29 is 0 Å². The summed E-state index contributed by atoms with van der Waals surface area (Å²) in [5.74, 6) is 0. The molecule has 0 saturated carbocycles. The minimum atomic E-state index is 0.501. The zero-order valence-electron chi connectivity index (χ0n) is 11.0. The maximum absolute atomic E-state index is 5.62. The first kappa shape index (κ1) is 12.2. The van der Waals surface area contributed by atoms with Crippen molar-refractivity contribution in [3.8, 4) is 0 Å². The monoisotopic (exact) mass is 230 g/mol. The van der Waals surface area contributed by atoms with Gasteiger partial charge in [-0.2, -0.15) is 0 Å². The van der Waals surface area contributed by atoms with E-state index in [0.717, 1.165) is 19.4 Å². The maximum atomic E-state index is 5.62. The van der Waals surface area contributed by atoms with Crippen LogP contribution < -0.4 is 5.73 Å². The molecular weight excluding hydrogens is 208 g/mol. The topological polar surface area (TPSA) is 30.9 Å². The number of aromatic nitrogens is 1. The minimum Gasteiger partial charge on any atom is -0.342 e. The number of hydrogen-bond donors (Lipinski definition) is 1. The molecule has 1 aromatic carbocycles. The normalized spacial score (nSPS) is 11.6. The fourth-order valence-electron chi connectivity index (χ4n) is 2.59. The Morgan fingerprint density at radius 2 is 2.06 bits per heavy atom. The predicted molar refractivity (Wildman–Crippen MR) is 74.4 cm³/mol. The number of nitrogens with two attached hydrogens (primary N) is 1. The third kappa shape index (κ3) is 2.22. The summed E-state index contributed by atoms with van der Waals surface area (Å²) in [6.07, 6.45) is 2.13. The van der Waals surface area contributed by atoms with Crippen molar-refractivity contribution in [2.45, 2.75) is 39.7 Å². The number of para-hydroxylation sites is 1. The fraction of sp³-hybridized carbons (Fsp3) is 0.467. The van der Waals surface area contributed by atoms with E-state index < -0.39 is 0 Å². The van der Waals surface area contributed by atoms with Crippen LogP contribution in [0.15, 0.2) is 24.3 Å². The van der Waals surface area contributed by atoms with Crippen LogP contribution in [0.1, 0.15) is 37.6 Å². The second kappa shape index (κ2) is 4.92. The van der Waals surface area contributed by atoms with E-state index in [9.17, 15) is 0 Å². The molecule has 1 aromatic heterocycles. The number of benzene rings is 1. The zero-order valence-corrected chi connectivity index (χ0v) is 11.0. The first-order valence-electron chi connectivity index (χ1n) is 6.44. The molecule has 0 fully saturated rings. The highest BCUT2D eigenvalue weighted by Crippen LogP contribution is 2.27. The third-order valence-corrected chi connectivity index (χ3v) is 3.29. The average molecular weight is 230 g/mol. The molecule has 0 aliphatic rings. The molecule has 0 aliphatic carbocycles. The van der Waals surface area contributed by atoms with Crippen LogP contribution in [0.4, 0.5) is 0 Å². The molecule has 2 nitrogen and oxygen atoms in total. The Morgan fingerprint density at radius 3 is 2.71 bits per heavy atom. The van der Waals surface area contributed by atoms with Gasteiger partial charge in [0.1, 0.15) is 0 Å². The summed E-state index contributed by atoms with van der Waals surface area (Å²) >= 11 is 0. The molecule has 0 saturated heterocycles. The first-order valence-corrected chi connectivity index (χ1v) is 6.44. The van der Waals surface area contributed by atoms with Crippen molar-refractivity contribution in [2.24, 2.45) is 5.73 Å². The van der Waals surface area contributed by atoms with Gasteiger partial charge in [-0.05, 0) is 51.8 Å². The van der Waals surface area contributed by atoms with E-state index in [2.05, 4.69) is 49.6 Å². The lowest BCUT2D eigenvalue weighted by molar-refractivity contribution is 0.587. The molecule has 0 aliphatic heterocycles. The predicted octanol–water partition coefficient (Wildman–Crippen LogP) is 3.42. The third-order valence-electron chi connectivity index (χ3n) is 3.29. The van der Waals surface area contributed by atoms with E-state index in [-0.39, 0.29) is 0 Å². The van der Waals surface area contributed by atoms with Crippen LogP contribution in [0, 0.1) is 6.92 Å². The lowest BCUT2D eigenvalue weighted by atomic mass is 10.1. The standard InChI is InChI=1S/C15H22N2/c1-11(2)17-14(8-5-9-16)10-13-7-4-6-12(3)15(13)17/h4,6-7,10-11H,5,8-9,16H2,1-3H3. The smallest absolute Gasteiger partial charge is 0.0514 e. The number of rotatable bonds is 4. The highest BCUT2D eigenvalue weighted by molar-refractivity contribution is 5.84. The van der Waals surface area contributed by atoms with Gasteiger partial charge in [0.2, 0.25) is 0 Å². The minimum absolute atomic E-state index is 0.501. The van der Waals surface area contributed by atoms with Crippen LogP contribution in [0.5, 0.6) is 0 Å². The van der Waals surface area contributed by atoms with Gasteiger partial charge in [-0.15, -0.1) is 0 Å². The van der Waals surface area contributed by atoms with Crippen molar-refractivity contribution in [3.63, 3.8) is 0 Å². The summed E-state index contributed by atoms with van der Waals surface area (Å²) in [5, 5.41) is 1.35. The molecule has 0 spiro atoms. The molecule has 0 radical (unpaired) electrons. The Bertz CT molecular complexity index is 509. The van der Waals surface area contributed by atoms with Gasteiger partial charge < -0.3 is 10.3 Å². The van der Waals surface area contributed by atoms with Crippen LogP contribution >= 0.6 is 0 Å². The van der Waals surface area contributed by atoms with Gasteiger partial charge in [0.25, 0.3) is 0 Å². The Balaban J connectivity index is 2.59. The molecule has 1 heterocycles. The molecule has 2 rings (SSSR count). The number of nitrogens with zero attached hydrogens (tertiary/aromatic N) is 1. The molecule has 0 amide bonds. The summed E-state index contributed by atoms with van der Waals surface area (Å²) in [5.41, 5.74) is 9.77. The van der Waals surface area contributed by atoms with Crippen LogP contribution in [0.2, 0.25) is 0 Å². The zero-order chi connectivity index (χ0) is 12.4. The lowest BCUT2D eigenvalue weighted by Gasteiger charge is -2.15. The summed E-state index contributed by atoms with van der Waals surface area (Å²) < 4.78 is 2.46. The summed E-state index contributed by atoms with van der Waals surface area (Å²) in [6, 6.07) is 9.34. The van der Waals surface area contributed by atoms with Crippen LogP contribution in [-0.4, -0.2) is 11.1 Å². The van der Waals surface area contributed by atoms with E-state index >= 15 is 0 Å². The van der Waals surface area contributed by atoms with Gasteiger partial charge in [-0.3, -0.25) is 0 Å². The Labute approximate surface area is 103 Å². The highest BCUT2D eigenvalue weighted by Gasteiger charge is 2.12. The molecule has 92 valence electrons. The van der Waals surface area contributed by atoms with Crippen LogP contribution in [0.3, 0.4) is 0 Å². The van der Waals surface area contributed by atoms with Crippen molar-refractivity contribution in [1.82, 2.24) is 4.57 Å². The van der Waals surface area contributed by atoms with Gasteiger partial charge >= 0.3 is 0 Å². The largest absolute Gasteiger partial charge is 0.342 e. The van der Waals surface area contributed by atoms with Gasteiger partial charge in [-0.1, -0.05) is 18.2 Å². The molecular formula is C15H22N2. The van der Waals surface area contributed by atoms with Gasteiger partial charge in [0.05, 0.1) is 5.52 Å². The van der Waals surface area contributed by atoms with Crippen molar-refractivity contribution in [3.05, 3.63) is 35.5 Å². The van der Waals surface area contributed by atoms with Gasteiger partial charge in [0, 0.05) is 17.1 Å². The van der Waals surface area contributed by atoms with E-state index in [1.54, 1.807) is 0 Å². The molecule has 2 aromatic rings. The van der Waals surface area contributed by atoms with Gasteiger partial charge in [0.15, 0.2) is 0 Å². The van der Waals surface area contributed by atoms with Crippen molar-refractivity contribution in [2.75, 3.05) is 6.54 Å². The van der Waals surface area contributed by atoms with E-state index in [0.29, 0.717) is 6.04 Å². The average Bonchev–Trinajstić information content (AvgIpc) is 2.66. The second-order valence-corrected chi connectivity index (χ2v) is 5.00. The number of aryl methyl sites for hydroxylation is 2. The van der Waals surface area contributed by atoms with Gasteiger partial charge in [-0.25, -0.2) is 0 Å². The summed E-state index contributed by atoms with van der Waals surface area (Å²) in [6.45, 7) is 7.45. The highest BCUT2D eigenvalue weighted by atomic mass is 15.0. The molecule has 17 heavy (non-hydrogen) atoms. The van der Waals surface area contributed by atoms with Crippen molar-refractivity contribution in [1.29, 1.82) is 0 Å². The Kier molecular flexibility index (Phi) is 3.53. The summed E-state index contributed by atoms with van der Waals surface area (Å²) in [4.78, 5) is 0. The Hall–Kier alpha value is -1.28. The number of hydrogen-bond acceptors (Lipinski definition) is 1. The summed E-state index contributed by atoms with van der Waals surface area (Å²) in [7, 11) is 0. The fourth-order valence-corrected chi connectivity index (χ4v) is 2.59. The molecule has 0 unspecified atom stereocenters. The molecule has 2 heteroatoms. The maximum Gasteiger partial charge on any atom is 0.0514 e.